The van der Waals surface area contributed by atoms with Crippen LogP contribution in [-0.4, -0.2) is 35.1 Å². The van der Waals surface area contributed by atoms with Gasteiger partial charge in [0, 0.05) is 19.0 Å². The van der Waals surface area contributed by atoms with Gasteiger partial charge in [-0.05, 0) is 54.7 Å². The summed E-state index contributed by atoms with van der Waals surface area (Å²) in [6.07, 6.45) is 2.57. The van der Waals surface area contributed by atoms with Gasteiger partial charge < -0.3 is 14.4 Å². The van der Waals surface area contributed by atoms with Crippen molar-refractivity contribution in [2.45, 2.75) is 30.6 Å². The molecule has 7 nitrogen and oxygen atoms in total. The molecule has 0 aliphatic carbocycles. The second-order valence-electron chi connectivity index (χ2n) is 6.91. The summed E-state index contributed by atoms with van der Waals surface area (Å²) in [6, 6.07) is 8.26. The van der Waals surface area contributed by atoms with Crippen LogP contribution in [0.3, 0.4) is 0 Å². The van der Waals surface area contributed by atoms with Crippen LogP contribution in [0.1, 0.15) is 24.0 Å². The molecule has 0 spiro atoms. The molecule has 0 unspecified atom stereocenters. The number of hydrogen-bond acceptors (Lipinski definition) is 5. The Morgan fingerprint density at radius 2 is 1.75 bits per heavy atom. The Balaban J connectivity index is 1.72. The number of methoxy groups -OCH3 is 2. The van der Waals surface area contributed by atoms with Gasteiger partial charge in [0.05, 0.1) is 30.5 Å². The molecular formula is C20H22N2O5S. The minimum absolute atomic E-state index is 0.116. The lowest BCUT2D eigenvalue weighted by Crippen LogP contribution is -2.39. The number of hydrogen-bond donors (Lipinski definition) is 1. The molecule has 0 atom stereocenters. The van der Waals surface area contributed by atoms with E-state index >= 15 is 0 Å². The van der Waals surface area contributed by atoms with Crippen LogP contribution in [0.15, 0.2) is 35.2 Å². The number of sulfonamides is 1. The summed E-state index contributed by atoms with van der Waals surface area (Å²) in [4.78, 5) is 14.2. The van der Waals surface area contributed by atoms with Crippen LogP contribution in [0.5, 0.6) is 11.5 Å². The molecule has 148 valence electrons. The van der Waals surface area contributed by atoms with Crippen molar-refractivity contribution in [3.05, 3.63) is 41.5 Å². The summed E-state index contributed by atoms with van der Waals surface area (Å²) >= 11 is 0. The third kappa shape index (κ3) is 3.17. The van der Waals surface area contributed by atoms with Crippen LogP contribution in [0.2, 0.25) is 0 Å². The highest BCUT2D eigenvalue weighted by molar-refractivity contribution is 7.92. The first-order valence-electron chi connectivity index (χ1n) is 9.14. The topological polar surface area (TPSA) is 84.9 Å². The number of nitrogens with one attached hydrogen (secondary N) is 1. The van der Waals surface area contributed by atoms with Gasteiger partial charge in [-0.25, -0.2) is 8.42 Å². The minimum Gasteiger partial charge on any atom is -0.497 e. The Hall–Kier alpha value is -2.74. The highest BCUT2D eigenvalue weighted by Gasteiger charge is 2.31. The number of anilines is 2. The number of carbonyl (C=O) groups is 1. The van der Waals surface area contributed by atoms with Gasteiger partial charge in [-0.2, -0.15) is 0 Å². The summed E-state index contributed by atoms with van der Waals surface area (Å²) in [5, 5.41) is 0. The van der Waals surface area contributed by atoms with Crippen molar-refractivity contribution in [1.29, 1.82) is 0 Å². The molecule has 1 amide bonds. The molecule has 2 aromatic carbocycles. The lowest BCUT2D eigenvalue weighted by Gasteiger charge is -2.35. The summed E-state index contributed by atoms with van der Waals surface area (Å²) in [7, 11) is -0.806. The molecule has 0 saturated heterocycles. The Labute approximate surface area is 164 Å². The number of aryl methyl sites for hydroxylation is 2. The number of nitrogens with zero attached hydrogens (tertiary/aromatic N) is 1. The zero-order chi connectivity index (χ0) is 19.9. The minimum atomic E-state index is -3.81. The molecule has 28 heavy (non-hydrogen) atoms. The monoisotopic (exact) mass is 402 g/mol. The second-order valence-corrected chi connectivity index (χ2v) is 8.59. The van der Waals surface area contributed by atoms with Gasteiger partial charge in [0.1, 0.15) is 11.5 Å². The lowest BCUT2D eigenvalue weighted by molar-refractivity contribution is -0.119. The largest absolute Gasteiger partial charge is 0.497 e. The maximum absolute atomic E-state index is 13.1. The lowest BCUT2D eigenvalue weighted by atomic mass is 9.92. The zero-order valence-corrected chi connectivity index (χ0v) is 16.6. The molecule has 0 radical (unpaired) electrons. The molecule has 0 saturated carbocycles. The molecule has 8 heteroatoms. The standard InChI is InChI=1S/C20H22N2O5S/c1-26-15-6-7-17(18(12-15)27-2)21-28(24,25)16-10-13-4-3-9-22-19(23)8-5-14(11-16)20(13)22/h6-7,10-12,21H,3-5,8-9H2,1-2H3. The Bertz CT molecular complexity index is 1030. The van der Waals surface area contributed by atoms with Gasteiger partial charge in [-0.3, -0.25) is 9.52 Å². The van der Waals surface area contributed by atoms with Gasteiger partial charge in [0.2, 0.25) is 5.91 Å². The van der Waals surface area contributed by atoms with E-state index in [4.69, 9.17) is 9.47 Å². The normalized spacial score (nSPS) is 15.8. The molecule has 2 heterocycles. The molecular weight excluding hydrogens is 380 g/mol. The van der Waals surface area contributed by atoms with Gasteiger partial charge >= 0.3 is 0 Å². The molecule has 0 fully saturated rings. The third-order valence-electron chi connectivity index (χ3n) is 5.21. The average Bonchev–Trinajstić information content (AvgIpc) is 2.70. The molecule has 2 aliphatic rings. The van der Waals surface area contributed by atoms with E-state index in [2.05, 4.69) is 4.72 Å². The molecule has 2 aliphatic heterocycles. The number of benzene rings is 2. The van der Waals surface area contributed by atoms with Crippen LogP contribution in [-0.2, 0) is 27.7 Å². The van der Waals surface area contributed by atoms with Crippen molar-refractivity contribution >= 4 is 27.3 Å². The van der Waals surface area contributed by atoms with Crippen molar-refractivity contribution in [3.63, 3.8) is 0 Å². The molecule has 0 aromatic heterocycles. The second kappa shape index (κ2) is 7.01. The van der Waals surface area contributed by atoms with Crippen molar-refractivity contribution in [3.8, 4) is 11.5 Å². The molecule has 0 bridgehead atoms. The van der Waals surface area contributed by atoms with E-state index in [0.717, 1.165) is 29.7 Å². The quantitative estimate of drug-likeness (QED) is 0.831. The Kier molecular flexibility index (Phi) is 4.66. The number of ether oxygens (including phenoxy) is 2. The third-order valence-corrected chi connectivity index (χ3v) is 6.56. The fourth-order valence-electron chi connectivity index (χ4n) is 3.86. The highest BCUT2D eigenvalue weighted by Crippen LogP contribution is 2.38. The Morgan fingerprint density at radius 1 is 1.00 bits per heavy atom. The smallest absolute Gasteiger partial charge is 0.262 e. The molecule has 1 N–H and O–H groups in total. The van der Waals surface area contributed by atoms with E-state index in [0.29, 0.717) is 36.6 Å². The van der Waals surface area contributed by atoms with Crippen molar-refractivity contribution in [2.75, 3.05) is 30.4 Å². The van der Waals surface area contributed by atoms with Gasteiger partial charge in [-0.15, -0.1) is 0 Å². The molecule has 2 aromatic rings. The predicted octanol–water partition coefficient (Wildman–Crippen LogP) is 2.73. The summed E-state index contributed by atoms with van der Waals surface area (Å²) in [5.74, 6) is 1.06. The highest BCUT2D eigenvalue weighted by atomic mass is 32.2. The van der Waals surface area contributed by atoms with E-state index in [1.165, 1.54) is 14.2 Å². The van der Waals surface area contributed by atoms with Crippen LogP contribution in [0.25, 0.3) is 0 Å². The molecule has 4 rings (SSSR count). The zero-order valence-electron chi connectivity index (χ0n) is 15.8. The maximum atomic E-state index is 13.1. The van der Waals surface area contributed by atoms with Crippen molar-refractivity contribution in [2.24, 2.45) is 0 Å². The fourth-order valence-corrected chi connectivity index (χ4v) is 5.03. The van der Waals surface area contributed by atoms with Crippen molar-refractivity contribution < 1.29 is 22.7 Å². The first-order valence-corrected chi connectivity index (χ1v) is 10.6. The van der Waals surface area contributed by atoms with E-state index in [-0.39, 0.29) is 10.8 Å². The van der Waals surface area contributed by atoms with Crippen LogP contribution >= 0.6 is 0 Å². The Morgan fingerprint density at radius 3 is 2.46 bits per heavy atom. The fraction of sp³-hybridized carbons (Fsp3) is 0.350. The van der Waals surface area contributed by atoms with Gasteiger partial charge in [0.25, 0.3) is 10.0 Å². The summed E-state index contributed by atoms with van der Waals surface area (Å²) < 4.78 is 39.2. The van der Waals surface area contributed by atoms with Crippen LogP contribution in [0.4, 0.5) is 11.4 Å². The predicted molar refractivity (Wildman–Crippen MR) is 106 cm³/mol. The van der Waals surface area contributed by atoms with E-state index in [1.807, 2.05) is 0 Å². The first kappa shape index (κ1) is 18.6. The van der Waals surface area contributed by atoms with E-state index < -0.39 is 10.0 Å². The first-order chi connectivity index (χ1) is 13.4. The van der Waals surface area contributed by atoms with Crippen LogP contribution < -0.4 is 19.1 Å². The SMILES string of the molecule is COc1ccc(NS(=O)(=O)c2cc3c4c(c2)CCC(=O)N4CCC3)c(OC)c1. The number of amides is 1. The van der Waals surface area contributed by atoms with E-state index in [1.54, 1.807) is 35.2 Å². The van der Waals surface area contributed by atoms with Crippen molar-refractivity contribution in [1.82, 2.24) is 0 Å². The summed E-state index contributed by atoms with van der Waals surface area (Å²) in [5.41, 5.74) is 3.08. The van der Waals surface area contributed by atoms with Gasteiger partial charge in [0.15, 0.2) is 0 Å². The number of carbonyl (C=O) groups excluding carboxylic acids is 1. The van der Waals surface area contributed by atoms with Gasteiger partial charge in [-0.1, -0.05) is 0 Å². The van der Waals surface area contributed by atoms with Crippen LogP contribution in [0, 0.1) is 0 Å². The summed E-state index contributed by atoms with van der Waals surface area (Å²) in [6.45, 7) is 0.701. The number of rotatable bonds is 5. The maximum Gasteiger partial charge on any atom is 0.262 e. The van der Waals surface area contributed by atoms with E-state index in [9.17, 15) is 13.2 Å². The average molecular weight is 402 g/mol.